The van der Waals surface area contributed by atoms with E-state index >= 15 is 0 Å². The summed E-state index contributed by atoms with van der Waals surface area (Å²) in [7, 11) is -1.12. The third-order valence-electron chi connectivity index (χ3n) is 2.20. The molecule has 72 valence electrons. The van der Waals surface area contributed by atoms with Crippen LogP contribution < -0.4 is 0 Å². The fourth-order valence-corrected chi connectivity index (χ4v) is 2.31. The molecular formula is C11H15ClS. The van der Waals surface area contributed by atoms with E-state index in [1.54, 1.807) is 0 Å². The van der Waals surface area contributed by atoms with Gasteiger partial charge in [0.1, 0.15) is 0 Å². The average molecular weight is 215 g/mol. The van der Waals surface area contributed by atoms with Crippen molar-refractivity contribution in [1.82, 2.24) is 0 Å². The number of aryl methyl sites for hydroxylation is 1. The fourth-order valence-electron chi connectivity index (χ4n) is 1.01. The van der Waals surface area contributed by atoms with E-state index < -0.39 is 9.21 Å². The highest BCUT2D eigenvalue weighted by Gasteiger charge is 2.01. The SMILES string of the molecule is C=S(=C)(CC)c1ccc(C)c(Cl)c1. The summed E-state index contributed by atoms with van der Waals surface area (Å²) in [6.45, 7) is 4.12. The molecule has 0 atom stereocenters. The molecule has 0 nitrogen and oxygen atoms in total. The van der Waals surface area contributed by atoms with Crippen LogP contribution in [0.3, 0.4) is 0 Å². The van der Waals surface area contributed by atoms with Crippen molar-refractivity contribution in [3.63, 3.8) is 0 Å². The van der Waals surface area contributed by atoms with E-state index in [1.165, 1.54) is 4.90 Å². The van der Waals surface area contributed by atoms with Gasteiger partial charge in [-0.15, -0.1) is 0 Å². The zero-order valence-electron chi connectivity index (χ0n) is 8.14. The van der Waals surface area contributed by atoms with Gasteiger partial charge in [-0.1, -0.05) is 36.3 Å². The van der Waals surface area contributed by atoms with Crippen LogP contribution in [0.1, 0.15) is 12.5 Å². The van der Waals surface area contributed by atoms with Gasteiger partial charge in [-0.05, 0) is 35.3 Å². The van der Waals surface area contributed by atoms with Gasteiger partial charge in [-0.3, -0.25) is 0 Å². The normalized spacial score (nSPS) is 11.6. The van der Waals surface area contributed by atoms with Gasteiger partial charge in [0.25, 0.3) is 0 Å². The predicted octanol–water partition coefficient (Wildman–Crippen LogP) is 3.70. The molecule has 0 fully saturated rings. The lowest BCUT2D eigenvalue weighted by atomic mass is 10.2. The Balaban J connectivity index is 3.27. The van der Waals surface area contributed by atoms with E-state index in [0.717, 1.165) is 16.3 Å². The second-order valence-corrected chi connectivity index (χ2v) is 6.79. The summed E-state index contributed by atoms with van der Waals surface area (Å²) in [5.74, 6) is 9.28. The molecule has 0 aliphatic heterocycles. The van der Waals surface area contributed by atoms with Crippen molar-refractivity contribution < 1.29 is 0 Å². The Hall–Kier alpha value is -0.400. The van der Waals surface area contributed by atoms with Crippen LogP contribution >= 0.6 is 20.8 Å². The third-order valence-corrected chi connectivity index (χ3v) is 4.96. The van der Waals surface area contributed by atoms with Crippen LogP contribution in [0.4, 0.5) is 0 Å². The van der Waals surface area contributed by atoms with Gasteiger partial charge in [0, 0.05) is 5.02 Å². The van der Waals surface area contributed by atoms with E-state index in [2.05, 4.69) is 24.7 Å². The molecule has 0 amide bonds. The van der Waals surface area contributed by atoms with Crippen molar-refractivity contribution in [1.29, 1.82) is 0 Å². The Morgan fingerprint density at radius 1 is 1.38 bits per heavy atom. The number of rotatable bonds is 2. The predicted molar refractivity (Wildman–Crippen MR) is 66.8 cm³/mol. The monoisotopic (exact) mass is 214 g/mol. The molecule has 0 radical (unpaired) electrons. The molecule has 0 bridgehead atoms. The molecular weight excluding hydrogens is 200 g/mol. The summed E-state index contributed by atoms with van der Waals surface area (Å²) >= 11 is 6.03. The molecule has 1 aromatic rings. The highest BCUT2D eigenvalue weighted by atomic mass is 35.5. The first-order valence-electron chi connectivity index (χ1n) is 4.20. The van der Waals surface area contributed by atoms with E-state index in [0.29, 0.717) is 0 Å². The maximum atomic E-state index is 6.03. The fraction of sp³-hybridized carbons (Fsp3) is 0.273. The maximum Gasteiger partial charge on any atom is 0.0445 e. The number of benzene rings is 1. The van der Waals surface area contributed by atoms with Gasteiger partial charge in [0.05, 0.1) is 0 Å². The molecule has 1 rings (SSSR count). The van der Waals surface area contributed by atoms with E-state index in [-0.39, 0.29) is 0 Å². The summed E-state index contributed by atoms with van der Waals surface area (Å²) in [6, 6.07) is 6.11. The first-order valence-corrected chi connectivity index (χ1v) is 6.72. The molecule has 0 unspecified atom stereocenters. The van der Waals surface area contributed by atoms with Crippen LogP contribution in [0.2, 0.25) is 5.02 Å². The van der Waals surface area contributed by atoms with Crippen LogP contribution in [-0.4, -0.2) is 17.5 Å². The minimum atomic E-state index is -1.12. The molecule has 0 spiro atoms. The van der Waals surface area contributed by atoms with Crippen LogP contribution in [0, 0.1) is 6.92 Å². The highest BCUT2D eigenvalue weighted by Crippen LogP contribution is 2.33. The summed E-state index contributed by atoms with van der Waals surface area (Å²) in [6.07, 6.45) is 0. The second kappa shape index (κ2) is 3.77. The quantitative estimate of drug-likeness (QED) is 0.659. The first-order chi connectivity index (χ1) is 5.97. The standard InChI is InChI=1S/C11H15ClS/c1-5-13(3,4)10-7-6-9(2)11(12)8-10/h6-8H,3-5H2,1-2H3. The molecule has 0 saturated carbocycles. The number of halogens is 1. The topological polar surface area (TPSA) is 0 Å². The Morgan fingerprint density at radius 2 is 2.00 bits per heavy atom. The van der Waals surface area contributed by atoms with E-state index in [4.69, 9.17) is 11.6 Å². The van der Waals surface area contributed by atoms with Gasteiger partial charge in [0.15, 0.2) is 0 Å². The van der Waals surface area contributed by atoms with Gasteiger partial charge in [-0.2, -0.15) is 9.21 Å². The molecule has 0 N–H and O–H groups in total. The first kappa shape index (κ1) is 10.7. The zero-order valence-corrected chi connectivity index (χ0v) is 9.71. The van der Waals surface area contributed by atoms with E-state index in [1.807, 2.05) is 19.1 Å². The van der Waals surface area contributed by atoms with Gasteiger partial charge in [-0.25, -0.2) is 0 Å². The summed E-state index contributed by atoms with van der Waals surface area (Å²) < 4.78 is 0. The summed E-state index contributed by atoms with van der Waals surface area (Å²) in [4.78, 5) is 1.19. The average Bonchev–Trinajstić information content (AvgIpc) is 2.09. The zero-order chi connectivity index (χ0) is 10.1. The second-order valence-electron chi connectivity index (χ2n) is 3.25. The Bertz CT molecular complexity index is 402. The third kappa shape index (κ3) is 2.29. The van der Waals surface area contributed by atoms with E-state index in [9.17, 15) is 0 Å². The van der Waals surface area contributed by atoms with Gasteiger partial charge in [0.2, 0.25) is 0 Å². The van der Waals surface area contributed by atoms with Crippen molar-refractivity contribution >= 4 is 32.5 Å². The minimum absolute atomic E-state index is 0.815. The maximum absolute atomic E-state index is 6.03. The molecule has 0 aliphatic rings. The molecule has 0 aromatic heterocycles. The van der Waals surface area contributed by atoms with Crippen molar-refractivity contribution in [2.75, 3.05) is 5.75 Å². The summed E-state index contributed by atoms with van der Waals surface area (Å²) in [5.41, 5.74) is 1.11. The lowest BCUT2D eigenvalue weighted by Gasteiger charge is -2.12. The number of hydrogen-bond donors (Lipinski definition) is 0. The van der Waals surface area contributed by atoms with Crippen molar-refractivity contribution in [3.8, 4) is 0 Å². The lowest BCUT2D eigenvalue weighted by Crippen LogP contribution is -1.85. The van der Waals surface area contributed by atoms with Crippen LogP contribution in [0.25, 0.3) is 0 Å². The Morgan fingerprint density at radius 3 is 2.46 bits per heavy atom. The molecule has 0 aliphatic carbocycles. The highest BCUT2D eigenvalue weighted by molar-refractivity contribution is 8.27. The van der Waals surface area contributed by atoms with Crippen LogP contribution in [-0.2, 0) is 0 Å². The lowest BCUT2D eigenvalue weighted by molar-refractivity contribution is 1.36. The molecule has 0 saturated heterocycles. The Kier molecular flexibility index (Phi) is 3.09. The Labute approximate surface area is 86.0 Å². The molecule has 0 heterocycles. The molecule has 13 heavy (non-hydrogen) atoms. The smallest absolute Gasteiger partial charge is 0.0445 e. The van der Waals surface area contributed by atoms with Crippen LogP contribution in [0.5, 0.6) is 0 Å². The largest absolute Gasteiger partial charge is 0.188 e. The molecule has 1 aromatic carbocycles. The van der Waals surface area contributed by atoms with Gasteiger partial charge < -0.3 is 0 Å². The van der Waals surface area contributed by atoms with Crippen molar-refractivity contribution in [3.05, 3.63) is 28.8 Å². The molecule has 2 heteroatoms. The van der Waals surface area contributed by atoms with Crippen molar-refractivity contribution in [2.24, 2.45) is 0 Å². The van der Waals surface area contributed by atoms with Crippen LogP contribution in [0.15, 0.2) is 23.1 Å². The minimum Gasteiger partial charge on any atom is -0.188 e. The summed E-state index contributed by atoms with van der Waals surface area (Å²) in [5, 5.41) is 0.815. The van der Waals surface area contributed by atoms with Gasteiger partial charge >= 0.3 is 0 Å². The van der Waals surface area contributed by atoms with Crippen molar-refractivity contribution in [2.45, 2.75) is 18.7 Å². The number of hydrogen-bond acceptors (Lipinski definition) is 0.